The lowest BCUT2D eigenvalue weighted by Crippen LogP contribution is -2.39. The maximum Gasteiger partial charge on any atom is 0.411 e. The largest absolute Gasteiger partial charge is 0.411 e. The second-order valence-electron chi connectivity index (χ2n) is 5.78. The van der Waals surface area contributed by atoms with Crippen molar-refractivity contribution in [1.29, 1.82) is 0 Å². The van der Waals surface area contributed by atoms with Gasteiger partial charge in [-0.15, -0.1) is 0 Å². The number of guanidine groups is 1. The molecule has 0 saturated carbocycles. The minimum Gasteiger partial charge on any atom is -0.384 e. The van der Waals surface area contributed by atoms with Crippen molar-refractivity contribution >= 4 is 5.96 Å². The first-order chi connectivity index (χ1) is 11.7. The zero-order valence-corrected chi connectivity index (χ0v) is 14.6. The molecule has 0 spiro atoms. The van der Waals surface area contributed by atoms with Crippen LogP contribution in [0.5, 0.6) is 0 Å². The van der Waals surface area contributed by atoms with E-state index in [0.717, 1.165) is 5.56 Å². The summed E-state index contributed by atoms with van der Waals surface area (Å²) in [6.45, 7) is 3.55. The summed E-state index contributed by atoms with van der Waals surface area (Å²) in [5, 5.41) is 16.6. The van der Waals surface area contributed by atoms with Crippen molar-refractivity contribution in [2.24, 2.45) is 4.99 Å². The number of nitrogens with zero attached hydrogens (tertiary/aromatic N) is 1. The van der Waals surface area contributed by atoms with E-state index in [0.29, 0.717) is 25.5 Å². The van der Waals surface area contributed by atoms with Crippen LogP contribution in [0.3, 0.4) is 0 Å². The van der Waals surface area contributed by atoms with E-state index in [2.05, 4.69) is 20.4 Å². The topological polar surface area (TPSA) is 65.9 Å². The summed E-state index contributed by atoms with van der Waals surface area (Å²) in [6, 6.07) is 9.22. The Labute approximate surface area is 146 Å². The normalized spacial score (nSPS) is 14.9. The van der Waals surface area contributed by atoms with Crippen molar-refractivity contribution in [2.45, 2.75) is 32.0 Å². The minimum absolute atomic E-state index is 0.00758. The van der Waals surface area contributed by atoms with Crippen LogP contribution in [-0.2, 0) is 10.3 Å². The van der Waals surface area contributed by atoms with Gasteiger partial charge in [-0.1, -0.05) is 30.3 Å². The number of rotatable bonds is 9. The van der Waals surface area contributed by atoms with Crippen molar-refractivity contribution in [3.05, 3.63) is 35.9 Å². The number of benzene rings is 1. The Balaban J connectivity index is 2.43. The highest BCUT2D eigenvalue weighted by molar-refractivity contribution is 5.79. The molecule has 0 aliphatic heterocycles. The van der Waals surface area contributed by atoms with Gasteiger partial charge < -0.3 is 20.5 Å². The summed E-state index contributed by atoms with van der Waals surface area (Å²) in [7, 11) is 0. The molecule has 0 radical (unpaired) electrons. The van der Waals surface area contributed by atoms with Crippen LogP contribution in [0.1, 0.15) is 25.8 Å². The molecule has 0 aliphatic rings. The molecule has 1 aromatic carbocycles. The number of hydrogen-bond donors (Lipinski definition) is 3. The molecule has 1 atom stereocenters. The number of aliphatic imine (C=N–C) groups is 1. The fourth-order valence-electron chi connectivity index (χ4n) is 2.03. The van der Waals surface area contributed by atoms with E-state index in [1.807, 2.05) is 37.3 Å². The SMILES string of the molecule is CCNC(=NCC(C)(O)c1ccccc1)NCCCOCC(F)(F)F. The molecule has 142 valence electrons. The predicted octanol–water partition coefficient (Wildman–Crippen LogP) is 2.42. The molecule has 1 aromatic rings. The van der Waals surface area contributed by atoms with Gasteiger partial charge in [0.25, 0.3) is 0 Å². The monoisotopic (exact) mass is 361 g/mol. The van der Waals surface area contributed by atoms with E-state index in [4.69, 9.17) is 0 Å². The van der Waals surface area contributed by atoms with E-state index in [1.165, 1.54) is 0 Å². The molecule has 5 nitrogen and oxygen atoms in total. The van der Waals surface area contributed by atoms with Gasteiger partial charge in [-0.25, -0.2) is 4.99 Å². The van der Waals surface area contributed by atoms with Crippen molar-refractivity contribution < 1.29 is 23.0 Å². The third-order valence-corrected chi connectivity index (χ3v) is 3.31. The fourth-order valence-corrected chi connectivity index (χ4v) is 2.03. The fraction of sp³-hybridized carbons (Fsp3) is 0.588. The summed E-state index contributed by atoms with van der Waals surface area (Å²) < 4.78 is 40.4. The van der Waals surface area contributed by atoms with Gasteiger partial charge >= 0.3 is 6.18 Å². The molecular formula is C17H26F3N3O2. The van der Waals surface area contributed by atoms with E-state index in [-0.39, 0.29) is 13.2 Å². The van der Waals surface area contributed by atoms with Crippen LogP contribution in [0.2, 0.25) is 0 Å². The van der Waals surface area contributed by atoms with Gasteiger partial charge in [-0.3, -0.25) is 0 Å². The number of hydrogen-bond acceptors (Lipinski definition) is 3. The Morgan fingerprint density at radius 1 is 1.20 bits per heavy atom. The van der Waals surface area contributed by atoms with Gasteiger partial charge in [0.15, 0.2) is 5.96 Å². The van der Waals surface area contributed by atoms with Crippen LogP contribution >= 0.6 is 0 Å². The molecule has 1 unspecified atom stereocenters. The molecule has 8 heteroatoms. The summed E-state index contributed by atoms with van der Waals surface area (Å²) in [6.07, 6.45) is -3.89. The molecule has 0 heterocycles. The summed E-state index contributed by atoms with van der Waals surface area (Å²) in [4.78, 5) is 4.34. The first kappa shape index (κ1) is 21.2. The number of alkyl halides is 3. The third-order valence-electron chi connectivity index (χ3n) is 3.31. The molecule has 25 heavy (non-hydrogen) atoms. The Morgan fingerprint density at radius 3 is 2.48 bits per heavy atom. The van der Waals surface area contributed by atoms with Gasteiger partial charge in [-0.05, 0) is 25.8 Å². The molecule has 0 amide bonds. The maximum absolute atomic E-state index is 12.0. The zero-order valence-electron chi connectivity index (χ0n) is 14.6. The lowest BCUT2D eigenvalue weighted by atomic mass is 9.96. The van der Waals surface area contributed by atoms with E-state index in [9.17, 15) is 18.3 Å². The van der Waals surface area contributed by atoms with Crippen molar-refractivity contribution in [3.63, 3.8) is 0 Å². The highest BCUT2D eigenvalue weighted by Gasteiger charge is 2.27. The highest BCUT2D eigenvalue weighted by Crippen LogP contribution is 2.20. The van der Waals surface area contributed by atoms with Gasteiger partial charge in [-0.2, -0.15) is 13.2 Å². The van der Waals surface area contributed by atoms with Gasteiger partial charge in [0.05, 0.1) is 6.54 Å². The summed E-state index contributed by atoms with van der Waals surface area (Å²) in [5.41, 5.74) is -0.352. The molecule has 0 fully saturated rings. The first-order valence-electron chi connectivity index (χ1n) is 8.19. The Bertz CT molecular complexity index is 520. The van der Waals surface area contributed by atoms with Crippen LogP contribution < -0.4 is 10.6 Å². The first-order valence-corrected chi connectivity index (χ1v) is 8.19. The molecule has 0 bridgehead atoms. The van der Waals surface area contributed by atoms with E-state index in [1.54, 1.807) is 6.92 Å². The van der Waals surface area contributed by atoms with Crippen LogP contribution in [0, 0.1) is 0 Å². The zero-order chi connectivity index (χ0) is 18.8. The van der Waals surface area contributed by atoms with Gasteiger partial charge in [0.1, 0.15) is 12.2 Å². The average Bonchev–Trinajstić information content (AvgIpc) is 2.55. The van der Waals surface area contributed by atoms with Gasteiger partial charge in [0.2, 0.25) is 0 Å². The van der Waals surface area contributed by atoms with Crippen molar-refractivity contribution in [3.8, 4) is 0 Å². The van der Waals surface area contributed by atoms with E-state index < -0.39 is 18.4 Å². The second-order valence-corrected chi connectivity index (χ2v) is 5.78. The lowest BCUT2D eigenvalue weighted by molar-refractivity contribution is -0.173. The number of halogens is 3. The van der Waals surface area contributed by atoms with Gasteiger partial charge in [0, 0.05) is 19.7 Å². The standard InChI is InChI=1S/C17H26F3N3O2/c1-3-21-15(22-10-7-11-25-13-17(18,19)20)23-12-16(2,24)14-8-5-4-6-9-14/h4-6,8-9,24H,3,7,10-13H2,1-2H3,(H2,21,22,23). The molecule has 0 aromatic heterocycles. The Kier molecular flexibility index (Phi) is 8.71. The highest BCUT2D eigenvalue weighted by atomic mass is 19.4. The van der Waals surface area contributed by atoms with Crippen LogP contribution in [0.15, 0.2) is 35.3 Å². The number of ether oxygens (including phenoxy) is 1. The number of nitrogens with one attached hydrogen (secondary N) is 2. The molecule has 0 saturated heterocycles. The molecule has 3 N–H and O–H groups in total. The summed E-state index contributed by atoms with van der Waals surface area (Å²) in [5.74, 6) is 0.495. The molecular weight excluding hydrogens is 335 g/mol. The lowest BCUT2D eigenvalue weighted by Gasteiger charge is -2.22. The van der Waals surface area contributed by atoms with Crippen LogP contribution in [0.25, 0.3) is 0 Å². The minimum atomic E-state index is -4.30. The van der Waals surface area contributed by atoms with Crippen molar-refractivity contribution in [2.75, 3.05) is 32.8 Å². The molecule has 0 aliphatic carbocycles. The number of aliphatic hydroxyl groups is 1. The Morgan fingerprint density at radius 2 is 1.88 bits per heavy atom. The van der Waals surface area contributed by atoms with E-state index >= 15 is 0 Å². The quantitative estimate of drug-likeness (QED) is 0.359. The van der Waals surface area contributed by atoms with Crippen LogP contribution in [0.4, 0.5) is 13.2 Å². The maximum atomic E-state index is 12.0. The summed E-state index contributed by atoms with van der Waals surface area (Å²) >= 11 is 0. The van der Waals surface area contributed by atoms with Crippen LogP contribution in [-0.4, -0.2) is 50.1 Å². The van der Waals surface area contributed by atoms with Crippen molar-refractivity contribution in [1.82, 2.24) is 10.6 Å². The Hall–Kier alpha value is -1.80. The smallest absolute Gasteiger partial charge is 0.384 e. The third kappa shape index (κ3) is 9.31. The predicted molar refractivity (Wildman–Crippen MR) is 91.5 cm³/mol. The molecule has 1 rings (SSSR count). The second kappa shape index (κ2) is 10.2. The average molecular weight is 361 g/mol.